The highest BCUT2D eigenvalue weighted by atomic mass is 19.1. The molecule has 2 aromatic carbocycles. The Kier molecular flexibility index (Phi) is 5.26. The Morgan fingerprint density at radius 2 is 1.62 bits per heavy atom. The van der Waals surface area contributed by atoms with Crippen LogP contribution in [0.15, 0.2) is 42.5 Å². The van der Waals surface area contributed by atoms with Gasteiger partial charge >= 0.3 is 6.03 Å². The Balaban J connectivity index is 1.21. The van der Waals surface area contributed by atoms with Crippen LogP contribution in [0.3, 0.4) is 0 Å². The van der Waals surface area contributed by atoms with Gasteiger partial charge in [-0.1, -0.05) is 12.1 Å². The molecule has 1 N–H and O–H groups in total. The zero-order valence-electron chi connectivity index (χ0n) is 17.6. The van der Waals surface area contributed by atoms with Gasteiger partial charge in [-0.2, -0.15) is 0 Å². The number of carbonyl (C=O) groups is 3. The summed E-state index contributed by atoms with van der Waals surface area (Å²) in [6, 6.07) is 11.9. The zero-order chi connectivity index (χ0) is 22.2. The highest BCUT2D eigenvalue weighted by Crippen LogP contribution is 2.27. The number of rotatable bonds is 4. The molecule has 8 nitrogen and oxygen atoms in total. The number of carbonyl (C=O) groups excluding carboxylic acids is 3. The SMILES string of the molecule is O=C1CCN(N2Cc3cc(CN4CCN(c5ccc(F)cc5)CC4)ccc3C2=O)C(=O)N1. The first-order valence-corrected chi connectivity index (χ1v) is 10.8. The van der Waals surface area contributed by atoms with Gasteiger partial charge in [-0.25, -0.2) is 19.2 Å². The summed E-state index contributed by atoms with van der Waals surface area (Å²) in [5.41, 5.74) is 3.64. The Morgan fingerprint density at radius 3 is 2.34 bits per heavy atom. The van der Waals surface area contributed by atoms with Gasteiger partial charge in [-0.15, -0.1) is 0 Å². The lowest BCUT2D eigenvalue weighted by molar-refractivity contribution is -0.123. The largest absolute Gasteiger partial charge is 0.369 e. The van der Waals surface area contributed by atoms with Crippen LogP contribution in [0.4, 0.5) is 14.9 Å². The van der Waals surface area contributed by atoms with Gasteiger partial charge in [0.25, 0.3) is 5.91 Å². The van der Waals surface area contributed by atoms with Crippen molar-refractivity contribution in [3.05, 3.63) is 65.0 Å². The van der Waals surface area contributed by atoms with E-state index >= 15 is 0 Å². The number of nitrogens with one attached hydrogen (secondary N) is 1. The highest BCUT2D eigenvalue weighted by Gasteiger charge is 2.36. The first-order valence-electron chi connectivity index (χ1n) is 10.8. The molecule has 3 heterocycles. The third-order valence-corrected chi connectivity index (χ3v) is 6.25. The van der Waals surface area contributed by atoms with Crippen molar-refractivity contribution in [2.45, 2.75) is 19.5 Å². The van der Waals surface area contributed by atoms with E-state index in [2.05, 4.69) is 15.1 Å². The van der Waals surface area contributed by atoms with Crippen molar-refractivity contribution in [2.24, 2.45) is 0 Å². The van der Waals surface area contributed by atoms with Crippen LogP contribution in [0, 0.1) is 5.82 Å². The van der Waals surface area contributed by atoms with E-state index in [0.717, 1.165) is 49.5 Å². The fraction of sp³-hybridized carbons (Fsp3) is 0.348. The Morgan fingerprint density at radius 1 is 0.875 bits per heavy atom. The summed E-state index contributed by atoms with van der Waals surface area (Å²) < 4.78 is 13.2. The third kappa shape index (κ3) is 3.91. The maximum absolute atomic E-state index is 13.2. The Hall–Kier alpha value is -3.46. The predicted octanol–water partition coefficient (Wildman–Crippen LogP) is 1.96. The molecule has 3 aliphatic heterocycles. The summed E-state index contributed by atoms with van der Waals surface area (Å²) in [6.45, 7) is 4.81. The van der Waals surface area contributed by atoms with Crippen molar-refractivity contribution in [3.63, 3.8) is 0 Å². The van der Waals surface area contributed by atoms with Gasteiger partial charge in [0.15, 0.2) is 0 Å². The lowest BCUT2D eigenvalue weighted by Crippen LogP contribution is -2.56. The van der Waals surface area contributed by atoms with Gasteiger partial charge in [-0.05, 0) is 41.5 Å². The van der Waals surface area contributed by atoms with E-state index in [0.29, 0.717) is 12.1 Å². The second-order valence-corrected chi connectivity index (χ2v) is 8.32. The molecule has 3 aliphatic rings. The van der Waals surface area contributed by atoms with Crippen LogP contribution >= 0.6 is 0 Å². The van der Waals surface area contributed by atoms with Gasteiger partial charge in [0, 0.05) is 50.4 Å². The number of urea groups is 1. The van der Waals surface area contributed by atoms with Crippen LogP contribution in [0.1, 0.15) is 27.9 Å². The molecule has 0 spiro atoms. The molecule has 166 valence electrons. The number of hydrogen-bond acceptors (Lipinski definition) is 5. The van der Waals surface area contributed by atoms with Crippen LogP contribution in [-0.2, 0) is 17.9 Å². The first kappa shape index (κ1) is 20.4. The fourth-order valence-electron chi connectivity index (χ4n) is 4.51. The third-order valence-electron chi connectivity index (χ3n) is 6.25. The molecular weight excluding hydrogens is 413 g/mol. The molecule has 0 aromatic heterocycles. The summed E-state index contributed by atoms with van der Waals surface area (Å²) in [5.74, 6) is -0.767. The molecule has 2 aromatic rings. The van der Waals surface area contributed by atoms with E-state index in [9.17, 15) is 18.8 Å². The minimum absolute atomic E-state index is 0.182. The van der Waals surface area contributed by atoms with Gasteiger partial charge in [0.2, 0.25) is 5.91 Å². The number of piperazine rings is 1. The number of nitrogens with zero attached hydrogens (tertiary/aromatic N) is 4. The first-order chi connectivity index (χ1) is 15.5. The summed E-state index contributed by atoms with van der Waals surface area (Å²) in [6.07, 6.45) is 0.182. The molecular formula is C23H24FN5O3. The van der Waals surface area contributed by atoms with Crippen LogP contribution in [-0.4, -0.2) is 65.5 Å². The molecule has 0 aliphatic carbocycles. The zero-order valence-corrected chi connectivity index (χ0v) is 17.6. The highest BCUT2D eigenvalue weighted by molar-refractivity contribution is 6.01. The van der Waals surface area contributed by atoms with Crippen LogP contribution < -0.4 is 10.2 Å². The smallest absolute Gasteiger partial charge is 0.342 e. The van der Waals surface area contributed by atoms with Crippen molar-refractivity contribution < 1.29 is 18.8 Å². The maximum Gasteiger partial charge on any atom is 0.342 e. The molecule has 0 atom stereocenters. The van der Waals surface area contributed by atoms with E-state index in [1.54, 1.807) is 0 Å². The minimum atomic E-state index is -0.554. The van der Waals surface area contributed by atoms with Crippen molar-refractivity contribution in [3.8, 4) is 0 Å². The Bertz CT molecular complexity index is 1070. The molecule has 2 fully saturated rings. The van der Waals surface area contributed by atoms with Gasteiger partial charge in [0.05, 0.1) is 13.1 Å². The molecule has 5 rings (SSSR count). The van der Waals surface area contributed by atoms with E-state index in [1.807, 2.05) is 30.3 Å². The second-order valence-electron chi connectivity index (χ2n) is 8.32. The molecule has 32 heavy (non-hydrogen) atoms. The van der Waals surface area contributed by atoms with Crippen molar-refractivity contribution in [1.82, 2.24) is 20.2 Å². The number of amides is 4. The monoisotopic (exact) mass is 437 g/mol. The number of imide groups is 1. The number of anilines is 1. The second kappa shape index (κ2) is 8.23. The van der Waals surface area contributed by atoms with Crippen molar-refractivity contribution in [1.29, 1.82) is 0 Å². The Labute approximate surface area is 185 Å². The summed E-state index contributed by atoms with van der Waals surface area (Å²) in [7, 11) is 0. The van der Waals surface area contributed by atoms with Crippen LogP contribution in [0.25, 0.3) is 0 Å². The minimum Gasteiger partial charge on any atom is -0.369 e. The average Bonchev–Trinajstić information content (AvgIpc) is 3.10. The van der Waals surface area contributed by atoms with Gasteiger partial charge < -0.3 is 4.90 Å². The van der Waals surface area contributed by atoms with Gasteiger partial charge in [0.1, 0.15) is 5.82 Å². The van der Waals surface area contributed by atoms with E-state index in [1.165, 1.54) is 22.2 Å². The number of benzene rings is 2. The molecule has 0 radical (unpaired) electrons. The molecule has 2 saturated heterocycles. The normalized spacial score (nSPS) is 19.4. The molecule has 4 amide bonds. The lowest BCUT2D eigenvalue weighted by Gasteiger charge is -2.36. The maximum atomic E-state index is 13.2. The number of hydrazine groups is 1. The summed E-state index contributed by atoms with van der Waals surface area (Å²) in [5, 5.41) is 4.99. The molecule has 0 saturated carbocycles. The van der Waals surface area contributed by atoms with E-state index < -0.39 is 6.03 Å². The van der Waals surface area contributed by atoms with Crippen LogP contribution in [0.2, 0.25) is 0 Å². The van der Waals surface area contributed by atoms with Gasteiger partial charge in [-0.3, -0.25) is 19.8 Å². The summed E-state index contributed by atoms with van der Waals surface area (Å²) >= 11 is 0. The lowest BCUT2D eigenvalue weighted by atomic mass is 10.1. The quantitative estimate of drug-likeness (QED) is 0.792. The molecule has 9 heteroatoms. The molecule has 0 bridgehead atoms. The topological polar surface area (TPSA) is 76.2 Å². The summed E-state index contributed by atoms with van der Waals surface area (Å²) in [4.78, 5) is 40.9. The average molecular weight is 437 g/mol. The molecule has 0 unspecified atom stereocenters. The standard InChI is InChI=1S/C23H24FN5O3/c24-18-2-4-19(5-3-18)27-11-9-26(10-12-27)14-16-1-6-20-17(13-16)15-29(22(20)31)28-8-7-21(30)25-23(28)32/h1-6,13H,7-12,14-15H2,(H,25,30,32). The number of halogens is 1. The van der Waals surface area contributed by atoms with E-state index in [4.69, 9.17) is 0 Å². The van der Waals surface area contributed by atoms with Crippen molar-refractivity contribution in [2.75, 3.05) is 37.6 Å². The van der Waals surface area contributed by atoms with E-state index in [-0.39, 0.29) is 30.6 Å². The predicted molar refractivity (Wildman–Crippen MR) is 115 cm³/mol. The number of fused-ring (bicyclic) bond motifs is 1. The number of hydrogen-bond donors (Lipinski definition) is 1. The van der Waals surface area contributed by atoms with Crippen LogP contribution in [0.5, 0.6) is 0 Å². The van der Waals surface area contributed by atoms with Crippen molar-refractivity contribution >= 4 is 23.5 Å². The fourth-order valence-corrected chi connectivity index (χ4v) is 4.51.